The molecule has 0 N–H and O–H groups in total. The van der Waals surface area contributed by atoms with Crippen LogP contribution >= 0.6 is 0 Å². The molecule has 2 saturated heterocycles. The van der Waals surface area contributed by atoms with Crippen LogP contribution < -0.4 is 4.74 Å². The number of ether oxygens (including phenoxy) is 1. The molecule has 2 aliphatic rings. The van der Waals surface area contributed by atoms with Gasteiger partial charge < -0.3 is 14.5 Å². The number of hydrogen-bond donors (Lipinski definition) is 0. The molecule has 7 nitrogen and oxygen atoms in total. The molecule has 1 amide bonds. The van der Waals surface area contributed by atoms with Crippen molar-refractivity contribution in [3.8, 4) is 5.75 Å². The van der Waals surface area contributed by atoms with Crippen LogP contribution in [0.3, 0.4) is 0 Å². The highest BCUT2D eigenvalue weighted by atomic mass is 19.4. The van der Waals surface area contributed by atoms with E-state index in [1.54, 1.807) is 4.90 Å². The summed E-state index contributed by atoms with van der Waals surface area (Å²) in [6, 6.07) is 11.7. The first kappa shape index (κ1) is 31.4. The molecule has 0 atom stereocenters. The summed E-state index contributed by atoms with van der Waals surface area (Å²) in [4.78, 5) is 26.8. The highest BCUT2D eigenvalue weighted by Gasteiger charge is 2.39. The number of amides is 1. The molecule has 0 aliphatic carbocycles. The molecule has 10 heteroatoms. The Morgan fingerprint density at radius 2 is 1.68 bits per heavy atom. The fraction of sp³-hybridized carbons (Fsp3) is 0.567. The highest BCUT2D eigenvalue weighted by Crippen LogP contribution is 2.38. The SMILES string of the molecule is C.CCCc1ccc(C2CCN(CCC(=O)N3CCC(Oc4ccc([N+](=O)[O-])c(C(F)(F)F)c4)CC3)CC2)cc1. The molecule has 0 unspecified atom stereocenters. The summed E-state index contributed by atoms with van der Waals surface area (Å²) in [7, 11) is 0. The number of nitro benzene ring substituents is 1. The standard InChI is InChI=1S/C29H36F3N3O4.CH4/c1-2-3-21-4-6-22(7-5-21)23-10-15-33(16-11-23)17-14-28(36)34-18-12-24(13-19-34)39-25-8-9-27(35(37)38)26(20-25)29(30,31)32;/h4-9,20,23-24H,2-3,10-19H2,1H3;1H4. The van der Waals surface area contributed by atoms with Gasteiger partial charge in [-0.3, -0.25) is 14.9 Å². The first-order valence-corrected chi connectivity index (χ1v) is 13.7. The van der Waals surface area contributed by atoms with Gasteiger partial charge in [0.05, 0.1) is 4.92 Å². The van der Waals surface area contributed by atoms with Crippen LogP contribution in [0.5, 0.6) is 5.75 Å². The van der Waals surface area contributed by atoms with Gasteiger partial charge in [0.25, 0.3) is 5.69 Å². The van der Waals surface area contributed by atoms with Crippen LogP contribution in [0.2, 0.25) is 0 Å². The average molecular weight is 564 g/mol. The van der Waals surface area contributed by atoms with Gasteiger partial charge >= 0.3 is 6.18 Å². The van der Waals surface area contributed by atoms with Crippen LogP contribution in [0.4, 0.5) is 18.9 Å². The number of carbonyl (C=O) groups excluding carboxylic acids is 1. The zero-order valence-electron chi connectivity index (χ0n) is 22.3. The Bertz CT molecular complexity index is 1120. The fourth-order valence-electron chi connectivity index (χ4n) is 5.54. The predicted octanol–water partition coefficient (Wildman–Crippen LogP) is 6.84. The molecule has 220 valence electrons. The third-order valence-corrected chi connectivity index (χ3v) is 7.79. The predicted molar refractivity (Wildman–Crippen MR) is 149 cm³/mol. The van der Waals surface area contributed by atoms with E-state index < -0.39 is 22.4 Å². The van der Waals surface area contributed by atoms with E-state index in [0.717, 1.165) is 51.4 Å². The van der Waals surface area contributed by atoms with Gasteiger partial charge in [-0.1, -0.05) is 45.0 Å². The molecule has 0 aromatic heterocycles. The van der Waals surface area contributed by atoms with Crippen LogP contribution in [0.15, 0.2) is 42.5 Å². The van der Waals surface area contributed by atoms with Crippen molar-refractivity contribution < 1.29 is 27.6 Å². The molecular formula is C30H40F3N3O4. The van der Waals surface area contributed by atoms with Crippen LogP contribution in [0, 0.1) is 10.1 Å². The molecule has 0 spiro atoms. The molecule has 0 bridgehead atoms. The lowest BCUT2D eigenvalue weighted by Crippen LogP contribution is -2.43. The largest absolute Gasteiger partial charge is 0.490 e. The van der Waals surface area contributed by atoms with E-state index >= 15 is 0 Å². The maximum Gasteiger partial charge on any atom is 0.423 e. The summed E-state index contributed by atoms with van der Waals surface area (Å²) in [5.74, 6) is 0.587. The number of carbonyl (C=O) groups is 1. The lowest BCUT2D eigenvalue weighted by molar-refractivity contribution is -0.388. The number of aryl methyl sites for hydroxylation is 1. The van der Waals surface area contributed by atoms with Gasteiger partial charge in [-0.05, 0) is 61.5 Å². The molecule has 2 fully saturated rings. The summed E-state index contributed by atoms with van der Waals surface area (Å²) >= 11 is 0. The second-order valence-corrected chi connectivity index (χ2v) is 10.5. The van der Waals surface area contributed by atoms with Crippen LogP contribution in [0.25, 0.3) is 0 Å². The minimum absolute atomic E-state index is 0. The average Bonchev–Trinajstić information content (AvgIpc) is 2.92. The Morgan fingerprint density at radius 3 is 2.25 bits per heavy atom. The van der Waals surface area contributed by atoms with E-state index in [9.17, 15) is 28.1 Å². The number of benzene rings is 2. The van der Waals surface area contributed by atoms with Crippen LogP contribution in [-0.4, -0.2) is 59.5 Å². The van der Waals surface area contributed by atoms with E-state index in [1.807, 2.05) is 0 Å². The molecule has 2 aromatic rings. The number of rotatable bonds is 9. The van der Waals surface area contributed by atoms with E-state index in [1.165, 1.54) is 17.2 Å². The Labute approximate surface area is 234 Å². The Morgan fingerprint density at radius 1 is 1.02 bits per heavy atom. The molecule has 2 aliphatic heterocycles. The summed E-state index contributed by atoms with van der Waals surface area (Å²) < 4.78 is 45.4. The summed E-state index contributed by atoms with van der Waals surface area (Å²) in [6.07, 6.45) is 0.652. The molecule has 2 aromatic carbocycles. The normalized spacial score (nSPS) is 17.4. The van der Waals surface area contributed by atoms with Gasteiger partial charge in [-0.25, -0.2) is 0 Å². The van der Waals surface area contributed by atoms with E-state index in [2.05, 4.69) is 36.1 Å². The summed E-state index contributed by atoms with van der Waals surface area (Å²) in [5.41, 5.74) is 0.459. The maximum atomic E-state index is 13.2. The number of nitro groups is 1. The zero-order chi connectivity index (χ0) is 28.0. The lowest BCUT2D eigenvalue weighted by Gasteiger charge is -2.34. The Hall–Kier alpha value is -3.14. The zero-order valence-corrected chi connectivity index (χ0v) is 22.3. The van der Waals surface area contributed by atoms with Gasteiger partial charge in [-0.15, -0.1) is 0 Å². The monoisotopic (exact) mass is 563 g/mol. The van der Waals surface area contributed by atoms with Gasteiger partial charge in [0.1, 0.15) is 17.4 Å². The lowest BCUT2D eigenvalue weighted by atomic mass is 9.88. The smallest absolute Gasteiger partial charge is 0.423 e. The van der Waals surface area contributed by atoms with Crippen molar-refractivity contribution in [3.63, 3.8) is 0 Å². The van der Waals surface area contributed by atoms with Crippen molar-refractivity contribution in [2.24, 2.45) is 0 Å². The molecule has 2 heterocycles. The Kier molecular flexibility index (Phi) is 11.0. The van der Waals surface area contributed by atoms with Crippen molar-refractivity contribution in [3.05, 3.63) is 69.3 Å². The number of likely N-dealkylation sites (tertiary alicyclic amines) is 2. The van der Waals surface area contributed by atoms with Gasteiger partial charge in [-0.2, -0.15) is 13.2 Å². The quantitative estimate of drug-likeness (QED) is 0.247. The number of alkyl halides is 3. The van der Waals surface area contributed by atoms with E-state index in [-0.39, 0.29) is 25.2 Å². The van der Waals surface area contributed by atoms with Crippen molar-refractivity contribution in [2.45, 2.75) is 77.5 Å². The third-order valence-electron chi connectivity index (χ3n) is 7.79. The van der Waals surface area contributed by atoms with Crippen molar-refractivity contribution >= 4 is 11.6 Å². The topological polar surface area (TPSA) is 75.9 Å². The van der Waals surface area contributed by atoms with Gasteiger partial charge in [0.15, 0.2) is 0 Å². The number of nitrogens with zero attached hydrogens (tertiary/aromatic N) is 3. The molecule has 4 rings (SSSR count). The molecule has 40 heavy (non-hydrogen) atoms. The number of hydrogen-bond acceptors (Lipinski definition) is 5. The summed E-state index contributed by atoms with van der Waals surface area (Å²) in [6.45, 7) is 5.80. The van der Waals surface area contributed by atoms with Crippen molar-refractivity contribution in [2.75, 3.05) is 32.7 Å². The number of piperidine rings is 2. The van der Waals surface area contributed by atoms with Gasteiger partial charge in [0, 0.05) is 45.0 Å². The first-order chi connectivity index (χ1) is 18.6. The first-order valence-electron chi connectivity index (χ1n) is 13.7. The van der Waals surface area contributed by atoms with Crippen molar-refractivity contribution in [1.82, 2.24) is 9.80 Å². The third kappa shape index (κ3) is 8.19. The molecule has 0 saturated carbocycles. The second-order valence-electron chi connectivity index (χ2n) is 10.5. The van der Waals surface area contributed by atoms with Crippen LogP contribution in [-0.2, 0) is 17.4 Å². The number of halogens is 3. The van der Waals surface area contributed by atoms with E-state index in [4.69, 9.17) is 4.74 Å². The molecular weight excluding hydrogens is 523 g/mol. The van der Waals surface area contributed by atoms with Gasteiger partial charge in [0.2, 0.25) is 5.91 Å². The highest BCUT2D eigenvalue weighted by molar-refractivity contribution is 5.76. The minimum Gasteiger partial charge on any atom is -0.490 e. The summed E-state index contributed by atoms with van der Waals surface area (Å²) in [5, 5.41) is 11.0. The Balaban J connectivity index is 0.00000441. The van der Waals surface area contributed by atoms with Crippen LogP contribution in [0.1, 0.15) is 75.5 Å². The minimum atomic E-state index is -4.85. The van der Waals surface area contributed by atoms with Crippen molar-refractivity contribution in [1.29, 1.82) is 0 Å². The second kappa shape index (κ2) is 14.0. The molecule has 0 radical (unpaired) electrons. The fourth-order valence-corrected chi connectivity index (χ4v) is 5.54. The maximum absolute atomic E-state index is 13.2. The van der Waals surface area contributed by atoms with E-state index in [0.29, 0.717) is 44.3 Å².